The van der Waals surface area contributed by atoms with Gasteiger partial charge in [0.05, 0.1) is 17.7 Å². The standard InChI is InChI=1S/C34H36FN3O5S/c1-4-36-34(40)31(22-26-12-6-5-7-13-26)37(23-27-14-8-9-15-29(27)35)33(39)24-38(30-16-10-11-17-32(30)43-3)44(41,42)28-20-18-25(2)19-21-28/h5-21,31H,4,22-24H2,1-3H3,(H,36,40)/t31-/m1/s1. The molecule has 0 fully saturated rings. The van der Waals surface area contributed by atoms with E-state index in [0.29, 0.717) is 6.54 Å². The maximum Gasteiger partial charge on any atom is 0.264 e. The number of amides is 2. The summed E-state index contributed by atoms with van der Waals surface area (Å²) in [6.45, 7) is 2.98. The van der Waals surface area contributed by atoms with E-state index < -0.39 is 40.2 Å². The van der Waals surface area contributed by atoms with E-state index in [4.69, 9.17) is 4.74 Å². The van der Waals surface area contributed by atoms with Gasteiger partial charge in [0, 0.05) is 25.1 Å². The van der Waals surface area contributed by atoms with E-state index in [1.54, 1.807) is 49.4 Å². The van der Waals surface area contributed by atoms with Crippen LogP contribution in [0.5, 0.6) is 5.75 Å². The van der Waals surface area contributed by atoms with Crippen molar-refractivity contribution in [2.24, 2.45) is 0 Å². The van der Waals surface area contributed by atoms with E-state index in [2.05, 4.69) is 5.32 Å². The number of para-hydroxylation sites is 2. The van der Waals surface area contributed by atoms with Crippen LogP contribution < -0.4 is 14.4 Å². The second-order valence-electron chi connectivity index (χ2n) is 10.2. The number of hydrogen-bond acceptors (Lipinski definition) is 5. The van der Waals surface area contributed by atoms with Crippen LogP contribution in [0.2, 0.25) is 0 Å². The van der Waals surface area contributed by atoms with E-state index in [9.17, 15) is 22.4 Å². The van der Waals surface area contributed by atoms with Crippen molar-refractivity contribution in [3.05, 3.63) is 126 Å². The van der Waals surface area contributed by atoms with Crippen molar-refractivity contribution >= 4 is 27.5 Å². The molecule has 8 nitrogen and oxygen atoms in total. The highest BCUT2D eigenvalue weighted by Crippen LogP contribution is 2.33. The zero-order valence-corrected chi connectivity index (χ0v) is 25.8. The molecule has 1 N–H and O–H groups in total. The van der Waals surface area contributed by atoms with E-state index in [1.807, 2.05) is 37.3 Å². The molecule has 44 heavy (non-hydrogen) atoms. The number of aryl methyl sites for hydroxylation is 1. The SMILES string of the molecule is CCNC(=O)[C@@H](Cc1ccccc1)N(Cc1ccccc1F)C(=O)CN(c1ccccc1OC)S(=O)(=O)c1ccc(C)cc1. The zero-order chi connectivity index (χ0) is 31.7. The van der Waals surface area contributed by atoms with Gasteiger partial charge in [-0.05, 0) is 49.7 Å². The van der Waals surface area contributed by atoms with E-state index in [1.165, 1.54) is 42.3 Å². The number of carbonyl (C=O) groups is 2. The monoisotopic (exact) mass is 617 g/mol. The van der Waals surface area contributed by atoms with Gasteiger partial charge in [0.25, 0.3) is 10.0 Å². The van der Waals surface area contributed by atoms with Gasteiger partial charge in [0.15, 0.2) is 0 Å². The molecule has 0 saturated heterocycles. The van der Waals surface area contributed by atoms with Gasteiger partial charge in [-0.2, -0.15) is 0 Å². The highest BCUT2D eigenvalue weighted by atomic mass is 32.2. The molecule has 4 aromatic carbocycles. The van der Waals surface area contributed by atoms with Crippen LogP contribution in [0.1, 0.15) is 23.6 Å². The van der Waals surface area contributed by atoms with Crippen molar-refractivity contribution in [1.82, 2.24) is 10.2 Å². The van der Waals surface area contributed by atoms with Gasteiger partial charge in [-0.1, -0.05) is 78.4 Å². The van der Waals surface area contributed by atoms with Crippen LogP contribution in [-0.4, -0.2) is 51.4 Å². The first-order valence-corrected chi connectivity index (χ1v) is 15.7. The number of likely N-dealkylation sites (N-methyl/N-ethyl adjacent to an activating group) is 1. The number of anilines is 1. The second kappa shape index (κ2) is 14.7. The molecule has 4 rings (SSSR count). The Morgan fingerprint density at radius 1 is 0.886 bits per heavy atom. The summed E-state index contributed by atoms with van der Waals surface area (Å²) in [5.74, 6) is -1.44. The van der Waals surface area contributed by atoms with Crippen molar-refractivity contribution in [2.75, 3.05) is 24.5 Å². The lowest BCUT2D eigenvalue weighted by Crippen LogP contribution is -2.53. The smallest absolute Gasteiger partial charge is 0.264 e. The Bertz CT molecular complexity index is 1680. The molecule has 0 saturated carbocycles. The molecule has 0 aliphatic heterocycles. The van der Waals surface area contributed by atoms with Crippen LogP contribution >= 0.6 is 0 Å². The molecule has 0 bridgehead atoms. The molecule has 2 amide bonds. The quantitative estimate of drug-likeness (QED) is 0.225. The fourth-order valence-electron chi connectivity index (χ4n) is 4.84. The van der Waals surface area contributed by atoms with Gasteiger partial charge in [-0.15, -0.1) is 0 Å². The number of methoxy groups -OCH3 is 1. The minimum atomic E-state index is -4.30. The molecule has 4 aromatic rings. The Morgan fingerprint density at radius 3 is 2.18 bits per heavy atom. The number of ether oxygens (including phenoxy) is 1. The van der Waals surface area contributed by atoms with Crippen LogP contribution in [-0.2, 0) is 32.6 Å². The van der Waals surface area contributed by atoms with Gasteiger partial charge in [-0.25, -0.2) is 12.8 Å². The highest BCUT2D eigenvalue weighted by molar-refractivity contribution is 7.92. The molecule has 10 heteroatoms. The van der Waals surface area contributed by atoms with Crippen LogP contribution in [0, 0.1) is 12.7 Å². The minimum Gasteiger partial charge on any atom is -0.495 e. The Labute approximate surface area is 258 Å². The summed E-state index contributed by atoms with van der Waals surface area (Å²) < 4.78 is 49.7. The maximum absolute atomic E-state index is 15.0. The Morgan fingerprint density at radius 2 is 1.52 bits per heavy atom. The third-order valence-electron chi connectivity index (χ3n) is 7.16. The molecule has 0 aliphatic carbocycles. The average Bonchev–Trinajstić information content (AvgIpc) is 3.03. The number of nitrogens with one attached hydrogen (secondary N) is 1. The summed E-state index contributed by atoms with van der Waals surface area (Å²) in [6.07, 6.45) is 0.131. The predicted octanol–water partition coefficient (Wildman–Crippen LogP) is 5.11. The van der Waals surface area contributed by atoms with Crippen molar-refractivity contribution < 1.29 is 27.1 Å². The highest BCUT2D eigenvalue weighted by Gasteiger charge is 2.35. The normalized spacial score (nSPS) is 11.8. The molecule has 0 aliphatic rings. The van der Waals surface area contributed by atoms with Gasteiger partial charge in [-0.3, -0.25) is 13.9 Å². The van der Waals surface area contributed by atoms with Crippen molar-refractivity contribution in [2.45, 2.75) is 37.8 Å². The molecule has 0 aromatic heterocycles. The fraction of sp³-hybridized carbons (Fsp3) is 0.235. The lowest BCUT2D eigenvalue weighted by atomic mass is 10.0. The summed E-state index contributed by atoms with van der Waals surface area (Å²) in [6, 6.07) is 26.9. The molecule has 230 valence electrons. The second-order valence-corrected chi connectivity index (χ2v) is 12.1. The first-order chi connectivity index (χ1) is 21.1. The van der Waals surface area contributed by atoms with Crippen molar-refractivity contribution in [1.29, 1.82) is 0 Å². The fourth-order valence-corrected chi connectivity index (χ4v) is 6.27. The van der Waals surface area contributed by atoms with Gasteiger partial charge >= 0.3 is 0 Å². The van der Waals surface area contributed by atoms with Gasteiger partial charge in [0.2, 0.25) is 11.8 Å². The van der Waals surface area contributed by atoms with Crippen molar-refractivity contribution in [3.63, 3.8) is 0 Å². The van der Waals surface area contributed by atoms with Crippen LogP contribution in [0.3, 0.4) is 0 Å². The minimum absolute atomic E-state index is 0.0213. The Hall–Kier alpha value is -4.70. The molecular weight excluding hydrogens is 581 g/mol. The van der Waals surface area contributed by atoms with Gasteiger partial charge in [0.1, 0.15) is 24.2 Å². The summed E-state index contributed by atoms with van der Waals surface area (Å²) in [5, 5.41) is 2.79. The third kappa shape index (κ3) is 7.62. The lowest BCUT2D eigenvalue weighted by Gasteiger charge is -2.34. The summed E-state index contributed by atoms with van der Waals surface area (Å²) in [5.41, 5.74) is 1.98. The van der Waals surface area contributed by atoms with Crippen LogP contribution in [0.15, 0.2) is 108 Å². The average molecular weight is 618 g/mol. The number of carbonyl (C=O) groups excluding carboxylic acids is 2. The predicted molar refractivity (Wildman–Crippen MR) is 168 cm³/mol. The summed E-state index contributed by atoms with van der Waals surface area (Å²) >= 11 is 0. The van der Waals surface area contributed by atoms with Crippen molar-refractivity contribution in [3.8, 4) is 5.75 Å². The first-order valence-electron chi connectivity index (χ1n) is 14.2. The molecule has 1 atom stereocenters. The number of halogens is 1. The Kier molecular flexibility index (Phi) is 10.7. The third-order valence-corrected chi connectivity index (χ3v) is 8.94. The molecule has 0 heterocycles. The molecule has 0 spiro atoms. The Balaban J connectivity index is 1.83. The first kappa shape index (κ1) is 32.2. The van der Waals surface area contributed by atoms with Crippen LogP contribution in [0.4, 0.5) is 10.1 Å². The van der Waals surface area contributed by atoms with Gasteiger partial charge < -0.3 is 15.0 Å². The summed E-state index contributed by atoms with van der Waals surface area (Å²) in [4.78, 5) is 29.1. The van der Waals surface area contributed by atoms with Crippen LogP contribution in [0.25, 0.3) is 0 Å². The molecule has 0 radical (unpaired) electrons. The summed E-state index contributed by atoms with van der Waals surface area (Å²) in [7, 11) is -2.89. The number of benzene rings is 4. The number of sulfonamides is 1. The van der Waals surface area contributed by atoms with E-state index >= 15 is 0 Å². The topological polar surface area (TPSA) is 96.0 Å². The number of nitrogens with zero attached hydrogens (tertiary/aromatic N) is 2. The maximum atomic E-state index is 15.0. The van der Waals surface area contributed by atoms with E-state index in [0.717, 1.165) is 15.4 Å². The number of hydrogen-bond donors (Lipinski definition) is 1. The zero-order valence-electron chi connectivity index (χ0n) is 24.9. The number of rotatable bonds is 13. The molecule has 0 unspecified atom stereocenters. The molecular formula is C34H36FN3O5S. The largest absolute Gasteiger partial charge is 0.495 e. The lowest BCUT2D eigenvalue weighted by molar-refractivity contribution is -0.140. The van der Waals surface area contributed by atoms with E-state index in [-0.39, 0.29) is 34.9 Å².